The van der Waals surface area contributed by atoms with Crippen LogP contribution in [0.4, 0.5) is 21.8 Å². The van der Waals surface area contributed by atoms with E-state index in [4.69, 9.17) is 17.3 Å². The number of rotatable bonds is 7. The predicted molar refractivity (Wildman–Crippen MR) is 139 cm³/mol. The minimum atomic E-state index is -0.486. The lowest BCUT2D eigenvalue weighted by molar-refractivity contribution is -0.122. The minimum absolute atomic E-state index is 0.161. The zero-order valence-corrected chi connectivity index (χ0v) is 20.8. The fourth-order valence-electron chi connectivity index (χ4n) is 4.50. The van der Waals surface area contributed by atoms with Crippen molar-refractivity contribution in [2.24, 2.45) is 11.7 Å². The zero-order valence-electron chi connectivity index (χ0n) is 20.1. The van der Waals surface area contributed by atoms with Crippen LogP contribution < -0.4 is 21.7 Å². The Morgan fingerprint density at radius 3 is 2.56 bits per heavy atom. The van der Waals surface area contributed by atoms with Crippen molar-refractivity contribution in [2.75, 3.05) is 17.7 Å². The molecule has 0 spiro atoms. The van der Waals surface area contributed by atoms with Gasteiger partial charge in [-0.2, -0.15) is 4.98 Å². The quantitative estimate of drug-likeness (QED) is 0.362. The van der Waals surface area contributed by atoms with E-state index < -0.39 is 5.82 Å². The highest BCUT2D eigenvalue weighted by atomic mass is 35.5. The number of nitrogens with two attached hydrogens (primary N) is 1. The van der Waals surface area contributed by atoms with Crippen molar-refractivity contribution in [3.63, 3.8) is 0 Å². The number of amides is 2. The number of hydrogen-bond donors (Lipinski definition) is 4. The average molecular weight is 511 g/mol. The largest absolute Gasteiger partial charge is 0.369 e. The lowest BCUT2D eigenvalue weighted by atomic mass is 9.84. The molecule has 10 heteroatoms. The van der Waals surface area contributed by atoms with E-state index in [2.05, 4.69) is 25.9 Å². The monoisotopic (exact) mass is 510 g/mol. The van der Waals surface area contributed by atoms with E-state index in [0.717, 1.165) is 30.4 Å². The molecule has 1 aliphatic rings. The lowest BCUT2D eigenvalue weighted by Gasteiger charge is -2.30. The van der Waals surface area contributed by atoms with Gasteiger partial charge < -0.3 is 21.7 Å². The second-order valence-corrected chi connectivity index (χ2v) is 9.27. The molecule has 36 heavy (non-hydrogen) atoms. The van der Waals surface area contributed by atoms with Crippen molar-refractivity contribution in [1.29, 1.82) is 0 Å². The molecular weight excluding hydrogens is 483 g/mol. The summed E-state index contributed by atoms with van der Waals surface area (Å²) in [5.74, 6) is -0.808. The molecular formula is C26H28ClFN6O2. The number of aromatic nitrogens is 2. The summed E-state index contributed by atoms with van der Waals surface area (Å²) in [5.41, 5.74) is 8.63. The van der Waals surface area contributed by atoms with Gasteiger partial charge in [0.15, 0.2) is 5.82 Å². The van der Waals surface area contributed by atoms with E-state index in [9.17, 15) is 9.59 Å². The molecule has 1 fully saturated rings. The van der Waals surface area contributed by atoms with Crippen LogP contribution in [0.3, 0.4) is 0 Å². The first kappa shape index (κ1) is 25.4. The van der Waals surface area contributed by atoms with Crippen molar-refractivity contribution in [2.45, 2.75) is 38.6 Å². The molecule has 0 unspecified atom stereocenters. The molecule has 0 radical (unpaired) electrons. The van der Waals surface area contributed by atoms with E-state index in [1.807, 2.05) is 6.92 Å². The summed E-state index contributed by atoms with van der Waals surface area (Å²) in [5, 5.41) is 9.03. The van der Waals surface area contributed by atoms with Crippen molar-refractivity contribution in [1.82, 2.24) is 15.3 Å². The maximum absolute atomic E-state index is 15.1. The van der Waals surface area contributed by atoms with Gasteiger partial charge in [-0.25, -0.2) is 9.37 Å². The van der Waals surface area contributed by atoms with E-state index in [0.29, 0.717) is 28.4 Å². The van der Waals surface area contributed by atoms with Gasteiger partial charge in [-0.15, -0.1) is 0 Å². The zero-order chi connectivity index (χ0) is 25.8. The van der Waals surface area contributed by atoms with Crippen molar-refractivity contribution >= 4 is 40.9 Å². The molecule has 2 atom stereocenters. The number of halogens is 2. The Morgan fingerprint density at radius 1 is 1.14 bits per heavy atom. The van der Waals surface area contributed by atoms with E-state index in [1.54, 1.807) is 37.4 Å². The maximum atomic E-state index is 15.1. The Hall–Kier alpha value is -3.72. The number of carbonyl (C=O) groups excluding carboxylic acids is 2. The molecule has 0 aliphatic heterocycles. The van der Waals surface area contributed by atoms with Gasteiger partial charge in [0.05, 0.1) is 17.8 Å². The molecule has 4 rings (SSSR count). The van der Waals surface area contributed by atoms with Gasteiger partial charge in [0.2, 0.25) is 11.9 Å². The smallest absolute Gasteiger partial charge is 0.251 e. The maximum Gasteiger partial charge on any atom is 0.251 e. The first-order valence-corrected chi connectivity index (χ1v) is 12.1. The normalized spacial score (nSPS) is 17.3. The number of aryl methyl sites for hydroxylation is 1. The summed E-state index contributed by atoms with van der Waals surface area (Å²) >= 11 is 6.30. The number of primary amides is 1. The van der Waals surface area contributed by atoms with Crippen LogP contribution in [-0.2, 0) is 4.79 Å². The average Bonchev–Trinajstić information content (AvgIpc) is 2.88. The Balaban J connectivity index is 1.55. The van der Waals surface area contributed by atoms with Gasteiger partial charge in [-0.3, -0.25) is 9.59 Å². The van der Waals surface area contributed by atoms with Gasteiger partial charge in [0.1, 0.15) is 10.8 Å². The summed E-state index contributed by atoms with van der Waals surface area (Å²) in [6.07, 6.45) is 4.83. The lowest BCUT2D eigenvalue weighted by Crippen LogP contribution is -2.40. The number of nitrogens with one attached hydrogen (secondary N) is 3. The van der Waals surface area contributed by atoms with Gasteiger partial charge in [0, 0.05) is 18.7 Å². The van der Waals surface area contributed by atoms with Crippen LogP contribution in [0.1, 0.15) is 41.6 Å². The molecule has 2 amide bonds. The Labute approximate surface area is 213 Å². The van der Waals surface area contributed by atoms with Crippen LogP contribution in [-0.4, -0.2) is 34.9 Å². The summed E-state index contributed by atoms with van der Waals surface area (Å²) in [6.45, 7) is 1.87. The van der Waals surface area contributed by atoms with Crippen molar-refractivity contribution < 1.29 is 14.0 Å². The number of anilines is 3. The second-order valence-electron chi connectivity index (χ2n) is 8.86. The fourth-order valence-corrected chi connectivity index (χ4v) is 4.65. The van der Waals surface area contributed by atoms with Crippen LogP contribution in [0.5, 0.6) is 0 Å². The fraction of sp³-hybridized carbons (Fsp3) is 0.308. The Bertz CT molecular complexity index is 1280. The summed E-state index contributed by atoms with van der Waals surface area (Å²) in [7, 11) is 1.57. The van der Waals surface area contributed by atoms with Crippen LogP contribution in [0, 0.1) is 18.7 Å². The molecule has 0 saturated heterocycles. The molecule has 8 nitrogen and oxygen atoms in total. The molecule has 3 aromatic rings. The van der Waals surface area contributed by atoms with Crippen LogP contribution >= 0.6 is 11.6 Å². The van der Waals surface area contributed by atoms with Crippen LogP contribution in [0.15, 0.2) is 42.6 Å². The highest BCUT2D eigenvalue weighted by Crippen LogP contribution is 2.32. The highest BCUT2D eigenvalue weighted by molar-refractivity contribution is 6.32. The molecule has 0 bridgehead atoms. The summed E-state index contributed by atoms with van der Waals surface area (Å²) in [6, 6.07) is 9.89. The van der Waals surface area contributed by atoms with Crippen LogP contribution in [0.25, 0.3) is 11.1 Å². The van der Waals surface area contributed by atoms with E-state index in [1.165, 1.54) is 12.3 Å². The number of carbonyl (C=O) groups is 2. The summed E-state index contributed by atoms with van der Waals surface area (Å²) < 4.78 is 15.1. The van der Waals surface area contributed by atoms with Gasteiger partial charge in [-0.05, 0) is 60.7 Å². The Kier molecular flexibility index (Phi) is 7.69. The third-order valence-electron chi connectivity index (χ3n) is 6.44. The van der Waals surface area contributed by atoms with E-state index >= 15 is 4.39 Å². The molecule has 188 valence electrons. The molecule has 1 aliphatic carbocycles. The van der Waals surface area contributed by atoms with Crippen molar-refractivity contribution in [3.8, 4) is 11.1 Å². The standard InChI is InChI=1S/C26H28ClFN6O2/c1-14-11-22(20(28)12-18(14)15-7-9-16(10-8-15)25(36)30-2)33-26-31-13-19(27)24(34-26)32-21-6-4-3-5-17(21)23(29)35/h7-13,17,21H,3-6H2,1-2H3,(H2,29,35)(H,30,36)(H2,31,32,33,34)/t17-,21+/m0/s1. The topological polar surface area (TPSA) is 122 Å². The first-order valence-electron chi connectivity index (χ1n) is 11.7. The molecule has 5 N–H and O–H groups in total. The number of nitrogens with zero attached hydrogens (tertiary/aromatic N) is 2. The summed E-state index contributed by atoms with van der Waals surface area (Å²) in [4.78, 5) is 32.2. The molecule has 1 heterocycles. The Morgan fingerprint density at radius 2 is 1.86 bits per heavy atom. The molecule has 1 aromatic heterocycles. The van der Waals surface area contributed by atoms with Gasteiger partial charge in [-0.1, -0.05) is 36.6 Å². The second kappa shape index (κ2) is 10.9. The minimum Gasteiger partial charge on any atom is -0.369 e. The third-order valence-corrected chi connectivity index (χ3v) is 6.72. The molecule has 2 aromatic carbocycles. The van der Waals surface area contributed by atoms with Gasteiger partial charge >= 0.3 is 0 Å². The van der Waals surface area contributed by atoms with Crippen LogP contribution in [0.2, 0.25) is 5.02 Å². The van der Waals surface area contributed by atoms with E-state index in [-0.39, 0.29) is 35.4 Å². The highest BCUT2D eigenvalue weighted by Gasteiger charge is 2.30. The number of hydrogen-bond acceptors (Lipinski definition) is 6. The predicted octanol–water partition coefficient (Wildman–Crippen LogP) is 4.80. The number of benzene rings is 2. The SMILES string of the molecule is CNC(=O)c1ccc(-c2cc(F)c(Nc3ncc(Cl)c(N[C@@H]4CCCC[C@@H]4C(N)=O)n3)cc2C)cc1. The van der Waals surface area contributed by atoms with Gasteiger partial charge in [0.25, 0.3) is 5.91 Å². The first-order chi connectivity index (χ1) is 17.3. The third kappa shape index (κ3) is 5.57. The molecule has 1 saturated carbocycles. The van der Waals surface area contributed by atoms with Crippen molar-refractivity contribution in [3.05, 3.63) is 64.6 Å².